The van der Waals surface area contributed by atoms with Crippen LogP contribution in [-0.4, -0.2) is 32.1 Å². The van der Waals surface area contributed by atoms with E-state index < -0.39 is 0 Å². The van der Waals surface area contributed by atoms with E-state index in [-0.39, 0.29) is 23.0 Å². The molecule has 0 bridgehead atoms. The number of rotatable bonds is 4. The van der Waals surface area contributed by atoms with E-state index >= 15 is 0 Å². The summed E-state index contributed by atoms with van der Waals surface area (Å²) in [7, 11) is 3.96. The summed E-state index contributed by atoms with van der Waals surface area (Å²) in [4.78, 5) is 2.03. The fourth-order valence-electron chi connectivity index (χ4n) is 1.34. The Balaban J connectivity index is 0.000000454. The third-order valence-electron chi connectivity index (χ3n) is 2.32. The van der Waals surface area contributed by atoms with E-state index in [4.69, 9.17) is 0 Å². The number of allylic oxidation sites excluding steroid dienone is 5. The smallest absolute Gasteiger partial charge is 0.860 e. The summed E-state index contributed by atoms with van der Waals surface area (Å²) in [5.74, 6) is 0.00634. The van der Waals surface area contributed by atoms with Gasteiger partial charge in [-0.1, -0.05) is 24.3 Å². The molecular formula is C15H20FeN2O. The molecule has 1 aromatic rings. The van der Waals surface area contributed by atoms with Gasteiger partial charge in [-0.25, -0.2) is 12.1 Å². The van der Waals surface area contributed by atoms with Gasteiger partial charge < -0.3 is 15.3 Å². The molecule has 1 aliphatic rings. The van der Waals surface area contributed by atoms with Gasteiger partial charge in [0.05, 0.1) is 0 Å². The summed E-state index contributed by atoms with van der Waals surface area (Å²) < 4.78 is 0. The molecule has 4 heteroatoms. The maximum atomic E-state index is 11.4. The van der Waals surface area contributed by atoms with Crippen LogP contribution >= 0.6 is 0 Å². The molecule has 0 amide bonds. The van der Waals surface area contributed by atoms with Crippen molar-refractivity contribution < 1.29 is 22.2 Å². The first-order valence-corrected chi connectivity index (χ1v) is 6.01. The molecule has 104 valence electrons. The van der Waals surface area contributed by atoms with Crippen LogP contribution in [0.1, 0.15) is 0 Å². The zero-order valence-corrected chi connectivity index (χ0v) is 12.4. The third kappa shape index (κ3) is 8.38. The van der Waals surface area contributed by atoms with Gasteiger partial charge in [0.1, 0.15) is 0 Å². The van der Waals surface area contributed by atoms with Crippen molar-refractivity contribution in [2.45, 2.75) is 0 Å². The third-order valence-corrected chi connectivity index (χ3v) is 2.32. The van der Waals surface area contributed by atoms with Gasteiger partial charge in [-0.05, 0) is 25.6 Å². The maximum absolute atomic E-state index is 11.4. The second kappa shape index (κ2) is 10.6. The van der Waals surface area contributed by atoms with Crippen molar-refractivity contribution in [3.05, 3.63) is 66.1 Å². The second-order valence-corrected chi connectivity index (χ2v) is 4.20. The molecule has 0 aliphatic heterocycles. The Kier molecular flexibility index (Phi) is 9.81. The normalized spacial score (nSPS) is 11.8. The van der Waals surface area contributed by atoms with E-state index in [1.165, 1.54) is 0 Å². The molecule has 1 aliphatic carbocycles. The molecule has 0 aromatic heterocycles. The second-order valence-electron chi connectivity index (χ2n) is 4.20. The summed E-state index contributed by atoms with van der Waals surface area (Å²) in [5, 5.41) is 14.2. The minimum absolute atomic E-state index is 0. The van der Waals surface area contributed by atoms with Gasteiger partial charge in [0.15, 0.2) is 0 Å². The number of likely N-dealkylation sites (N-methyl/N-ethyl adjacent to an activating group) is 1. The van der Waals surface area contributed by atoms with Crippen LogP contribution in [0.25, 0.3) is 0 Å². The van der Waals surface area contributed by atoms with Gasteiger partial charge in [-0.2, -0.15) is 18.2 Å². The van der Waals surface area contributed by atoms with Crippen molar-refractivity contribution in [2.75, 3.05) is 27.2 Å². The van der Waals surface area contributed by atoms with Crippen LogP contribution in [0.5, 0.6) is 0 Å². The summed E-state index contributed by atoms with van der Waals surface area (Å²) in [6.07, 6.45) is 7.34. The first kappa shape index (κ1) is 17.6. The van der Waals surface area contributed by atoms with Crippen LogP contribution in [0.3, 0.4) is 0 Å². The van der Waals surface area contributed by atoms with Crippen molar-refractivity contribution in [1.82, 2.24) is 10.2 Å². The van der Waals surface area contributed by atoms with Crippen molar-refractivity contribution in [3.63, 3.8) is 0 Å². The molecule has 19 heavy (non-hydrogen) atoms. The summed E-state index contributed by atoms with van der Waals surface area (Å²) in [6, 6.07) is 10.0. The average Bonchev–Trinajstić information content (AvgIpc) is 3.05. The Morgan fingerprint density at radius 2 is 1.79 bits per heavy atom. The average molecular weight is 300 g/mol. The molecular weight excluding hydrogens is 280 g/mol. The molecule has 0 atom stereocenters. The zero-order chi connectivity index (χ0) is 13.2. The van der Waals surface area contributed by atoms with Gasteiger partial charge in [0.2, 0.25) is 0 Å². The largest absolute Gasteiger partial charge is 2.00 e. The van der Waals surface area contributed by atoms with E-state index in [0.717, 1.165) is 12.1 Å². The molecule has 0 fully saturated rings. The number of hydrogen-bond donors (Lipinski definition) is 1. The zero-order valence-electron chi connectivity index (χ0n) is 11.3. The molecule has 2 rings (SSSR count). The predicted octanol–water partition coefficient (Wildman–Crippen LogP) is 1.24. The molecule has 0 saturated carbocycles. The van der Waals surface area contributed by atoms with Crippen LogP contribution in [0.4, 0.5) is 0 Å². The van der Waals surface area contributed by atoms with E-state index in [0.29, 0.717) is 6.54 Å². The SMILES string of the molecule is CN(C)CCNC([O-])=C1C=CC=C1.[Fe+2].c1cc[cH-]c1. The Labute approximate surface area is 126 Å². The van der Waals surface area contributed by atoms with E-state index in [2.05, 4.69) is 5.32 Å². The van der Waals surface area contributed by atoms with Gasteiger partial charge in [-0.15, -0.1) is 0 Å². The number of nitrogens with one attached hydrogen (secondary N) is 1. The number of nitrogens with zero attached hydrogens (tertiary/aromatic N) is 1. The van der Waals surface area contributed by atoms with Gasteiger partial charge in [0.25, 0.3) is 0 Å². The number of hydrogen-bond acceptors (Lipinski definition) is 3. The van der Waals surface area contributed by atoms with Crippen molar-refractivity contribution in [3.8, 4) is 0 Å². The first-order chi connectivity index (χ1) is 8.70. The van der Waals surface area contributed by atoms with Crippen LogP contribution in [0.2, 0.25) is 0 Å². The van der Waals surface area contributed by atoms with Crippen LogP contribution in [-0.2, 0) is 17.1 Å². The Hall–Kier alpha value is -1.35. The fraction of sp³-hybridized carbons (Fsp3) is 0.267. The Bertz CT molecular complexity index is 375. The first-order valence-electron chi connectivity index (χ1n) is 6.01. The predicted molar refractivity (Wildman–Crippen MR) is 73.9 cm³/mol. The molecule has 0 unspecified atom stereocenters. The van der Waals surface area contributed by atoms with Gasteiger partial charge in [0, 0.05) is 13.1 Å². The van der Waals surface area contributed by atoms with E-state index in [1.54, 1.807) is 0 Å². The molecule has 1 N–H and O–H groups in total. The maximum Gasteiger partial charge on any atom is 2.00 e. The van der Waals surface area contributed by atoms with Gasteiger partial charge in [-0.3, -0.25) is 0 Å². The molecule has 1 aromatic carbocycles. The molecule has 3 nitrogen and oxygen atoms in total. The fourth-order valence-corrected chi connectivity index (χ4v) is 1.34. The van der Waals surface area contributed by atoms with Crippen molar-refractivity contribution in [1.29, 1.82) is 0 Å². The summed E-state index contributed by atoms with van der Waals surface area (Å²) >= 11 is 0. The van der Waals surface area contributed by atoms with E-state index in [1.807, 2.05) is 73.6 Å². The molecule has 0 saturated heterocycles. The van der Waals surface area contributed by atoms with Crippen LogP contribution in [0.15, 0.2) is 66.1 Å². The van der Waals surface area contributed by atoms with Gasteiger partial charge >= 0.3 is 17.1 Å². The Morgan fingerprint density at radius 3 is 2.21 bits per heavy atom. The van der Waals surface area contributed by atoms with Crippen LogP contribution < -0.4 is 10.4 Å². The molecule has 0 radical (unpaired) electrons. The van der Waals surface area contributed by atoms with Crippen LogP contribution in [0, 0.1) is 0 Å². The minimum atomic E-state index is 0. The summed E-state index contributed by atoms with van der Waals surface area (Å²) in [6.45, 7) is 1.56. The van der Waals surface area contributed by atoms with Crippen molar-refractivity contribution in [2.24, 2.45) is 0 Å². The Morgan fingerprint density at radius 1 is 1.21 bits per heavy atom. The monoisotopic (exact) mass is 300 g/mol. The van der Waals surface area contributed by atoms with E-state index in [9.17, 15) is 5.11 Å². The molecule has 0 spiro atoms. The standard InChI is InChI=1S/C10H16N2O.C5H5.Fe/c1-12(2)8-7-11-10(13)9-5-3-4-6-9;1-2-4-5-3-1;/h3-6,11,13H,7-8H2,1-2H3;1-5H;/q;-1;+2/p-1. The van der Waals surface area contributed by atoms with Crippen molar-refractivity contribution >= 4 is 0 Å². The molecule has 0 heterocycles. The summed E-state index contributed by atoms with van der Waals surface area (Å²) in [5.41, 5.74) is 0.735. The minimum Gasteiger partial charge on any atom is -0.860 e. The topological polar surface area (TPSA) is 38.3 Å². The quantitative estimate of drug-likeness (QED) is 0.516.